The summed E-state index contributed by atoms with van der Waals surface area (Å²) >= 11 is 0. The number of hydrogen-bond donors (Lipinski definition) is 1. The minimum Gasteiger partial charge on any atom is -0.349 e. The van der Waals surface area contributed by atoms with Gasteiger partial charge in [0.15, 0.2) is 0 Å². The lowest BCUT2D eigenvalue weighted by atomic mass is 10.1. The molecule has 2 aromatic rings. The van der Waals surface area contributed by atoms with Gasteiger partial charge in [-0.15, -0.1) is 0 Å². The molecule has 6 nitrogen and oxygen atoms in total. The zero-order valence-corrected chi connectivity index (χ0v) is 16.5. The van der Waals surface area contributed by atoms with Gasteiger partial charge in [0.2, 0.25) is 0 Å². The van der Waals surface area contributed by atoms with Gasteiger partial charge in [-0.05, 0) is 36.4 Å². The van der Waals surface area contributed by atoms with Crippen LogP contribution >= 0.6 is 0 Å². The van der Waals surface area contributed by atoms with E-state index in [1.807, 2.05) is 23.1 Å². The Hall–Kier alpha value is -2.93. The fourth-order valence-corrected chi connectivity index (χ4v) is 3.92. The summed E-state index contributed by atoms with van der Waals surface area (Å²) in [6.07, 6.45) is 0. The fourth-order valence-electron chi connectivity index (χ4n) is 3.92. The third-order valence-electron chi connectivity index (χ3n) is 5.66. The molecule has 2 aromatic carbocycles. The highest BCUT2D eigenvalue weighted by Gasteiger charge is 2.25. The Morgan fingerprint density at radius 2 is 1.86 bits per heavy atom. The lowest BCUT2D eigenvalue weighted by Gasteiger charge is -2.34. The van der Waals surface area contributed by atoms with E-state index in [9.17, 15) is 14.0 Å². The maximum absolute atomic E-state index is 14.5. The Morgan fingerprint density at radius 1 is 1.10 bits per heavy atom. The number of benzene rings is 2. The zero-order chi connectivity index (χ0) is 20.4. The first-order valence-corrected chi connectivity index (χ1v) is 9.99. The van der Waals surface area contributed by atoms with E-state index < -0.39 is 5.82 Å². The van der Waals surface area contributed by atoms with E-state index in [0.29, 0.717) is 31.9 Å². The summed E-state index contributed by atoms with van der Waals surface area (Å²) in [6.45, 7) is 6.75. The molecular formula is C22H25FN4O2. The first-order chi connectivity index (χ1) is 14.1. The van der Waals surface area contributed by atoms with Crippen molar-refractivity contribution in [1.29, 1.82) is 0 Å². The Kier molecular flexibility index (Phi) is 5.49. The van der Waals surface area contributed by atoms with Crippen molar-refractivity contribution in [3.8, 4) is 0 Å². The number of piperazine rings is 1. The van der Waals surface area contributed by atoms with Crippen molar-refractivity contribution in [2.45, 2.75) is 13.5 Å². The van der Waals surface area contributed by atoms with Gasteiger partial charge in [0.25, 0.3) is 11.8 Å². The van der Waals surface area contributed by atoms with Gasteiger partial charge in [-0.1, -0.05) is 25.1 Å². The molecule has 7 heteroatoms. The number of fused-ring (bicyclic) bond motifs is 1. The molecular weight excluding hydrogens is 371 g/mol. The van der Waals surface area contributed by atoms with Gasteiger partial charge in [0.1, 0.15) is 5.82 Å². The predicted molar refractivity (Wildman–Crippen MR) is 109 cm³/mol. The number of nitrogens with zero attached hydrogens (tertiary/aromatic N) is 3. The van der Waals surface area contributed by atoms with E-state index in [0.717, 1.165) is 30.9 Å². The summed E-state index contributed by atoms with van der Waals surface area (Å²) in [5, 5.41) is 2.85. The first-order valence-electron chi connectivity index (χ1n) is 9.99. The van der Waals surface area contributed by atoms with E-state index in [4.69, 9.17) is 0 Å². The lowest BCUT2D eigenvalue weighted by Crippen LogP contribution is -2.48. The largest absolute Gasteiger partial charge is 0.349 e. The third-order valence-corrected chi connectivity index (χ3v) is 5.66. The smallest absolute Gasteiger partial charge is 0.256 e. The van der Waals surface area contributed by atoms with Crippen LogP contribution in [0.4, 0.5) is 10.1 Å². The predicted octanol–water partition coefficient (Wildman–Crippen LogP) is 2.31. The Labute approximate surface area is 169 Å². The van der Waals surface area contributed by atoms with Crippen molar-refractivity contribution in [3.05, 3.63) is 65.0 Å². The van der Waals surface area contributed by atoms with Gasteiger partial charge in [-0.3, -0.25) is 9.59 Å². The van der Waals surface area contributed by atoms with Gasteiger partial charge >= 0.3 is 0 Å². The van der Waals surface area contributed by atoms with Crippen LogP contribution in [-0.2, 0) is 6.54 Å². The molecule has 152 valence electrons. The molecule has 0 aliphatic carbocycles. The van der Waals surface area contributed by atoms with Crippen molar-refractivity contribution in [1.82, 2.24) is 15.1 Å². The summed E-state index contributed by atoms with van der Waals surface area (Å²) in [6, 6.07) is 12.1. The first kappa shape index (κ1) is 19.4. The molecule has 2 aliphatic rings. The molecule has 1 saturated heterocycles. The summed E-state index contributed by atoms with van der Waals surface area (Å²) in [4.78, 5) is 31.0. The molecule has 2 heterocycles. The second-order valence-corrected chi connectivity index (χ2v) is 7.42. The number of rotatable bonds is 4. The van der Waals surface area contributed by atoms with E-state index in [1.54, 1.807) is 23.1 Å². The highest BCUT2D eigenvalue weighted by molar-refractivity contribution is 6.01. The summed E-state index contributed by atoms with van der Waals surface area (Å²) in [5.41, 5.74) is 2.39. The third kappa shape index (κ3) is 3.96. The maximum atomic E-state index is 14.5. The Balaban J connectivity index is 1.53. The zero-order valence-electron chi connectivity index (χ0n) is 16.5. The van der Waals surface area contributed by atoms with Gasteiger partial charge in [0.05, 0.1) is 23.5 Å². The average molecular weight is 396 g/mol. The summed E-state index contributed by atoms with van der Waals surface area (Å²) in [7, 11) is 0. The van der Waals surface area contributed by atoms with Crippen LogP contribution in [0, 0.1) is 5.82 Å². The number of para-hydroxylation sites is 1. The minimum absolute atomic E-state index is 0.0990. The molecule has 0 unspecified atom stereocenters. The van der Waals surface area contributed by atoms with Gasteiger partial charge in [-0.25, -0.2) is 4.39 Å². The van der Waals surface area contributed by atoms with Crippen molar-refractivity contribution >= 4 is 17.5 Å². The second kappa shape index (κ2) is 8.21. The number of anilines is 1. The molecule has 0 bridgehead atoms. The SMILES string of the molecule is CCN1CCN(C(=O)c2cc(CN3CNC(=O)c4ccccc43)ccc2F)CC1. The quantitative estimate of drug-likeness (QED) is 0.862. The number of carbonyl (C=O) groups excluding carboxylic acids is 2. The number of nitrogens with one attached hydrogen (secondary N) is 1. The molecule has 2 amide bonds. The number of amides is 2. The molecule has 2 aliphatic heterocycles. The van der Waals surface area contributed by atoms with Crippen LogP contribution in [0.3, 0.4) is 0 Å². The lowest BCUT2D eigenvalue weighted by molar-refractivity contribution is 0.0638. The van der Waals surface area contributed by atoms with Gasteiger partial charge in [-0.2, -0.15) is 0 Å². The maximum Gasteiger partial charge on any atom is 0.256 e. The molecule has 0 atom stereocenters. The molecule has 0 radical (unpaired) electrons. The van der Waals surface area contributed by atoms with Crippen molar-refractivity contribution in [2.24, 2.45) is 0 Å². The second-order valence-electron chi connectivity index (χ2n) is 7.42. The Bertz CT molecular complexity index is 925. The molecule has 1 fully saturated rings. The van der Waals surface area contributed by atoms with Gasteiger partial charge in [0, 0.05) is 32.7 Å². The van der Waals surface area contributed by atoms with E-state index in [-0.39, 0.29) is 17.4 Å². The van der Waals surface area contributed by atoms with Gasteiger partial charge < -0.3 is 20.0 Å². The topological polar surface area (TPSA) is 55.9 Å². The molecule has 0 saturated carbocycles. The molecule has 4 rings (SSSR count). The number of hydrogen-bond acceptors (Lipinski definition) is 4. The van der Waals surface area contributed by atoms with E-state index >= 15 is 0 Å². The number of halogens is 1. The molecule has 29 heavy (non-hydrogen) atoms. The Morgan fingerprint density at radius 3 is 2.62 bits per heavy atom. The van der Waals surface area contributed by atoms with Crippen LogP contribution in [0.25, 0.3) is 0 Å². The standard InChI is InChI=1S/C22H25FN4O2/c1-2-25-9-11-26(12-10-25)22(29)18-13-16(7-8-19(18)23)14-27-15-24-21(28)17-5-3-4-6-20(17)27/h3-8,13H,2,9-12,14-15H2,1H3,(H,24,28). The summed E-state index contributed by atoms with van der Waals surface area (Å²) < 4.78 is 14.5. The van der Waals surface area contributed by atoms with E-state index in [2.05, 4.69) is 17.1 Å². The minimum atomic E-state index is -0.496. The van der Waals surface area contributed by atoms with E-state index in [1.165, 1.54) is 6.07 Å². The van der Waals surface area contributed by atoms with Crippen LogP contribution in [0.5, 0.6) is 0 Å². The number of likely N-dealkylation sites (N-methyl/N-ethyl adjacent to an activating group) is 1. The molecule has 0 spiro atoms. The van der Waals surface area contributed by atoms with Crippen LogP contribution < -0.4 is 10.2 Å². The molecule has 1 N–H and O–H groups in total. The van der Waals surface area contributed by atoms with Crippen LogP contribution in [0.2, 0.25) is 0 Å². The monoisotopic (exact) mass is 396 g/mol. The highest BCUT2D eigenvalue weighted by atomic mass is 19.1. The van der Waals surface area contributed by atoms with Crippen LogP contribution in [0.1, 0.15) is 33.2 Å². The normalized spacial score (nSPS) is 17.1. The van der Waals surface area contributed by atoms with Crippen molar-refractivity contribution < 1.29 is 14.0 Å². The van der Waals surface area contributed by atoms with Crippen LogP contribution in [0.15, 0.2) is 42.5 Å². The van der Waals surface area contributed by atoms with Crippen molar-refractivity contribution in [3.63, 3.8) is 0 Å². The highest BCUT2D eigenvalue weighted by Crippen LogP contribution is 2.25. The summed E-state index contributed by atoms with van der Waals surface area (Å²) in [5.74, 6) is -0.852. The van der Waals surface area contributed by atoms with Crippen molar-refractivity contribution in [2.75, 3.05) is 44.3 Å². The van der Waals surface area contributed by atoms with Crippen LogP contribution in [-0.4, -0.2) is 61.0 Å². The molecule has 0 aromatic heterocycles. The fraction of sp³-hybridized carbons (Fsp3) is 0.364. The average Bonchev–Trinajstić information content (AvgIpc) is 2.77. The number of carbonyl (C=O) groups is 2.